The van der Waals surface area contributed by atoms with Crippen LogP contribution in [0.1, 0.15) is 26.3 Å². The number of hydrogen-bond acceptors (Lipinski definition) is 4. The number of pyridine rings is 1. The average Bonchev–Trinajstić information content (AvgIpc) is 2.65. The number of carbonyl (C=O) groups is 2. The molecule has 25 heavy (non-hydrogen) atoms. The molecule has 0 spiro atoms. The molecule has 0 aliphatic rings. The van der Waals surface area contributed by atoms with E-state index in [2.05, 4.69) is 15.0 Å². The van der Waals surface area contributed by atoms with Crippen molar-refractivity contribution in [3.63, 3.8) is 0 Å². The first-order valence-corrected chi connectivity index (χ1v) is 7.66. The molecule has 2 N–H and O–H groups in total. The lowest BCUT2D eigenvalue weighted by Crippen LogP contribution is -2.25. The molecule has 1 amide bonds. The van der Waals surface area contributed by atoms with Gasteiger partial charge in [-0.05, 0) is 23.8 Å². The fourth-order valence-corrected chi connectivity index (χ4v) is 2.60. The largest absolute Gasteiger partial charge is 0.465 e. The van der Waals surface area contributed by atoms with Gasteiger partial charge in [-0.25, -0.2) is 4.79 Å². The van der Waals surface area contributed by atoms with Crippen LogP contribution in [-0.2, 0) is 11.3 Å². The third-order valence-corrected chi connectivity index (χ3v) is 3.80. The third kappa shape index (κ3) is 3.58. The standard InChI is InChI=1S/C19H16N2O4/c1-25-19(24)13-6-4-5-12(9-13)11-20-18(23)15-10-17(22)21-16-8-3-2-7-14(15)16/h2-10H,11H2,1H3,(H,20,23)(H,21,22). The zero-order valence-electron chi connectivity index (χ0n) is 13.5. The molecule has 1 heterocycles. The van der Waals surface area contributed by atoms with Crippen LogP contribution in [0.25, 0.3) is 10.9 Å². The van der Waals surface area contributed by atoms with Crippen LogP contribution in [-0.4, -0.2) is 24.0 Å². The smallest absolute Gasteiger partial charge is 0.337 e. The lowest BCUT2D eigenvalue weighted by molar-refractivity contribution is 0.0600. The molecule has 0 saturated carbocycles. The number of nitrogens with one attached hydrogen (secondary N) is 2. The fraction of sp³-hybridized carbons (Fsp3) is 0.105. The van der Waals surface area contributed by atoms with Gasteiger partial charge < -0.3 is 15.0 Å². The predicted octanol–water partition coefficient (Wildman–Crippen LogP) is 2.24. The summed E-state index contributed by atoms with van der Waals surface area (Å²) < 4.78 is 4.68. The summed E-state index contributed by atoms with van der Waals surface area (Å²) in [4.78, 5) is 38.5. The summed E-state index contributed by atoms with van der Waals surface area (Å²) in [5.41, 5.74) is 1.74. The molecule has 126 valence electrons. The van der Waals surface area contributed by atoms with E-state index in [1.54, 1.807) is 48.5 Å². The van der Waals surface area contributed by atoms with Crippen molar-refractivity contribution in [3.05, 3.63) is 81.6 Å². The van der Waals surface area contributed by atoms with Gasteiger partial charge in [-0.2, -0.15) is 0 Å². The van der Waals surface area contributed by atoms with Crippen molar-refractivity contribution in [2.75, 3.05) is 7.11 Å². The maximum atomic E-state index is 12.5. The van der Waals surface area contributed by atoms with E-state index in [4.69, 9.17) is 0 Å². The van der Waals surface area contributed by atoms with Crippen LogP contribution in [0.2, 0.25) is 0 Å². The number of esters is 1. The lowest BCUT2D eigenvalue weighted by atomic mass is 10.1. The molecule has 3 rings (SSSR count). The molecule has 3 aromatic rings. The van der Waals surface area contributed by atoms with E-state index < -0.39 is 5.97 Å². The summed E-state index contributed by atoms with van der Waals surface area (Å²) in [6, 6.07) is 15.2. The van der Waals surface area contributed by atoms with E-state index >= 15 is 0 Å². The maximum absolute atomic E-state index is 12.5. The molecule has 1 aromatic heterocycles. The minimum Gasteiger partial charge on any atom is -0.465 e. The van der Waals surface area contributed by atoms with Crippen LogP contribution in [0.15, 0.2) is 59.4 Å². The first-order chi connectivity index (χ1) is 12.1. The van der Waals surface area contributed by atoms with E-state index in [0.29, 0.717) is 22.0 Å². The second-order valence-corrected chi connectivity index (χ2v) is 5.47. The number of fused-ring (bicyclic) bond motifs is 1. The van der Waals surface area contributed by atoms with E-state index in [9.17, 15) is 14.4 Å². The third-order valence-electron chi connectivity index (χ3n) is 3.80. The lowest BCUT2D eigenvalue weighted by Gasteiger charge is -2.09. The molecule has 0 bridgehead atoms. The van der Waals surface area contributed by atoms with Crippen LogP contribution in [0.3, 0.4) is 0 Å². The number of benzene rings is 2. The minimum absolute atomic E-state index is 0.227. The number of carbonyl (C=O) groups excluding carboxylic acids is 2. The Morgan fingerprint density at radius 3 is 2.68 bits per heavy atom. The molecule has 0 radical (unpaired) electrons. The highest BCUT2D eigenvalue weighted by molar-refractivity contribution is 6.05. The molecule has 0 aliphatic carbocycles. The van der Waals surface area contributed by atoms with E-state index in [1.165, 1.54) is 13.2 Å². The zero-order chi connectivity index (χ0) is 17.8. The summed E-state index contributed by atoms with van der Waals surface area (Å²) >= 11 is 0. The summed E-state index contributed by atoms with van der Waals surface area (Å²) in [5.74, 6) is -0.792. The number of ether oxygens (including phenoxy) is 1. The molecule has 0 unspecified atom stereocenters. The number of aromatic amines is 1. The Morgan fingerprint density at radius 1 is 1.08 bits per heavy atom. The van der Waals surface area contributed by atoms with Gasteiger partial charge in [0.1, 0.15) is 0 Å². The van der Waals surface area contributed by atoms with Gasteiger partial charge in [-0.3, -0.25) is 9.59 Å². The van der Waals surface area contributed by atoms with E-state index in [-0.39, 0.29) is 18.0 Å². The Kier molecular flexibility index (Phi) is 4.61. The predicted molar refractivity (Wildman–Crippen MR) is 93.5 cm³/mol. The number of rotatable bonds is 4. The van der Waals surface area contributed by atoms with Crippen LogP contribution in [0, 0.1) is 0 Å². The Bertz CT molecular complexity index is 1010. The summed E-state index contributed by atoms with van der Waals surface area (Å²) in [5, 5.41) is 3.44. The van der Waals surface area contributed by atoms with Gasteiger partial charge in [0.2, 0.25) is 5.56 Å². The van der Waals surface area contributed by atoms with Crippen LogP contribution in [0.5, 0.6) is 0 Å². The van der Waals surface area contributed by atoms with Crippen molar-refractivity contribution < 1.29 is 14.3 Å². The molecule has 0 atom stereocenters. The molecule has 2 aromatic carbocycles. The number of amides is 1. The van der Waals surface area contributed by atoms with Gasteiger partial charge >= 0.3 is 5.97 Å². The highest BCUT2D eigenvalue weighted by atomic mass is 16.5. The second-order valence-electron chi connectivity index (χ2n) is 5.47. The Balaban J connectivity index is 1.82. The minimum atomic E-state index is -0.436. The first kappa shape index (κ1) is 16.4. The number of aromatic nitrogens is 1. The molecular weight excluding hydrogens is 320 g/mol. The van der Waals surface area contributed by atoms with Gasteiger partial charge in [-0.15, -0.1) is 0 Å². The van der Waals surface area contributed by atoms with Crippen molar-refractivity contribution in [1.82, 2.24) is 10.3 Å². The fourth-order valence-electron chi connectivity index (χ4n) is 2.60. The van der Waals surface area contributed by atoms with Crippen molar-refractivity contribution in [1.29, 1.82) is 0 Å². The molecule has 6 nitrogen and oxygen atoms in total. The molecule has 0 fully saturated rings. The summed E-state index contributed by atoms with van der Waals surface area (Å²) in [6.07, 6.45) is 0. The summed E-state index contributed by atoms with van der Waals surface area (Å²) in [6.45, 7) is 0.227. The van der Waals surface area contributed by atoms with E-state index in [1.807, 2.05) is 0 Å². The number of para-hydroxylation sites is 1. The van der Waals surface area contributed by atoms with E-state index in [0.717, 1.165) is 5.56 Å². The van der Waals surface area contributed by atoms with Gasteiger partial charge in [0.15, 0.2) is 0 Å². The van der Waals surface area contributed by atoms with Gasteiger partial charge in [0, 0.05) is 23.5 Å². The highest BCUT2D eigenvalue weighted by Crippen LogP contribution is 2.14. The number of H-pyrrole nitrogens is 1. The van der Waals surface area contributed by atoms with Crippen LogP contribution in [0.4, 0.5) is 0 Å². The monoisotopic (exact) mass is 336 g/mol. The summed E-state index contributed by atoms with van der Waals surface area (Å²) in [7, 11) is 1.31. The van der Waals surface area contributed by atoms with Crippen molar-refractivity contribution in [2.24, 2.45) is 0 Å². The highest BCUT2D eigenvalue weighted by Gasteiger charge is 2.12. The maximum Gasteiger partial charge on any atom is 0.337 e. The van der Waals surface area contributed by atoms with Crippen LogP contribution >= 0.6 is 0 Å². The van der Waals surface area contributed by atoms with Gasteiger partial charge in [0.05, 0.1) is 18.2 Å². The number of methoxy groups -OCH3 is 1. The normalized spacial score (nSPS) is 10.4. The Labute approximate surface area is 143 Å². The topological polar surface area (TPSA) is 88.3 Å². The second kappa shape index (κ2) is 7.00. The molecule has 0 saturated heterocycles. The van der Waals surface area contributed by atoms with Gasteiger partial charge in [-0.1, -0.05) is 30.3 Å². The molecular formula is C19H16N2O4. The quantitative estimate of drug-likeness (QED) is 0.715. The zero-order valence-corrected chi connectivity index (χ0v) is 13.5. The molecule has 6 heteroatoms. The average molecular weight is 336 g/mol. The SMILES string of the molecule is COC(=O)c1cccc(CNC(=O)c2cc(=O)[nH]c3ccccc23)c1. The van der Waals surface area contributed by atoms with Crippen LogP contribution < -0.4 is 10.9 Å². The van der Waals surface area contributed by atoms with Gasteiger partial charge in [0.25, 0.3) is 5.91 Å². The Morgan fingerprint density at radius 2 is 1.88 bits per heavy atom. The molecule has 0 aliphatic heterocycles. The van der Waals surface area contributed by atoms with Crippen molar-refractivity contribution in [2.45, 2.75) is 6.54 Å². The first-order valence-electron chi connectivity index (χ1n) is 7.66. The Hall–Kier alpha value is -3.41. The van der Waals surface area contributed by atoms with Crippen molar-refractivity contribution >= 4 is 22.8 Å². The number of hydrogen-bond donors (Lipinski definition) is 2. The van der Waals surface area contributed by atoms with Crippen molar-refractivity contribution in [3.8, 4) is 0 Å².